The second-order valence-electron chi connectivity index (χ2n) is 6.69. The smallest absolute Gasteiger partial charge is 0.307 e. The predicted molar refractivity (Wildman–Crippen MR) is 112 cm³/mol. The number of carbonyl (C=O) groups excluding carboxylic acids is 2. The lowest BCUT2D eigenvalue weighted by atomic mass is 10.0. The first-order valence-electron chi connectivity index (χ1n) is 9.54. The molecule has 6 nitrogen and oxygen atoms in total. The molecule has 0 fully saturated rings. The van der Waals surface area contributed by atoms with E-state index < -0.39 is 5.97 Å². The van der Waals surface area contributed by atoms with E-state index >= 15 is 0 Å². The van der Waals surface area contributed by atoms with E-state index in [1.54, 1.807) is 30.2 Å². The molecule has 0 aliphatic carbocycles. The minimum atomic E-state index is -0.392. The first-order valence-corrected chi connectivity index (χ1v) is 9.54. The van der Waals surface area contributed by atoms with Crippen molar-refractivity contribution >= 4 is 22.8 Å². The molecule has 0 spiro atoms. The Hall–Kier alpha value is -3.32. The third-order valence-corrected chi connectivity index (χ3v) is 4.75. The number of esters is 1. The van der Waals surface area contributed by atoms with Gasteiger partial charge in [-0.05, 0) is 36.4 Å². The summed E-state index contributed by atoms with van der Waals surface area (Å²) in [5, 5.41) is 0.703. The van der Waals surface area contributed by atoms with Crippen LogP contribution in [0.15, 0.2) is 54.6 Å². The SMILES string of the molecule is COCCN(CCC(=O)OC)C(=O)c1cc(-c2ccc(F)cc2)nc2ccccc12. The zero-order valence-electron chi connectivity index (χ0n) is 16.9. The lowest BCUT2D eigenvalue weighted by molar-refractivity contribution is -0.140. The predicted octanol–water partition coefficient (Wildman–Crippen LogP) is 3.69. The number of hydrogen-bond donors (Lipinski definition) is 0. The molecule has 1 aromatic heterocycles. The maximum atomic E-state index is 13.4. The lowest BCUT2D eigenvalue weighted by Crippen LogP contribution is -2.36. The van der Waals surface area contributed by atoms with Gasteiger partial charge in [0.25, 0.3) is 5.91 Å². The van der Waals surface area contributed by atoms with E-state index in [1.807, 2.05) is 24.3 Å². The number of pyridine rings is 1. The molecular formula is C23H23FN2O4. The van der Waals surface area contributed by atoms with Crippen molar-refractivity contribution in [2.75, 3.05) is 33.9 Å². The molecule has 7 heteroatoms. The Labute approximate surface area is 174 Å². The summed E-state index contributed by atoms with van der Waals surface area (Å²) in [6, 6.07) is 15.0. The summed E-state index contributed by atoms with van der Waals surface area (Å²) in [4.78, 5) is 31.2. The van der Waals surface area contributed by atoms with Crippen molar-refractivity contribution in [1.29, 1.82) is 0 Å². The van der Waals surface area contributed by atoms with Crippen LogP contribution in [-0.4, -0.2) is 55.7 Å². The molecule has 1 amide bonds. The molecular weight excluding hydrogens is 387 g/mol. The number of para-hydroxylation sites is 1. The quantitative estimate of drug-likeness (QED) is 0.530. The minimum Gasteiger partial charge on any atom is -0.469 e. The van der Waals surface area contributed by atoms with Gasteiger partial charge in [0.2, 0.25) is 0 Å². The van der Waals surface area contributed by atoms with Crippen LogP contribution in [0, 0.1) is 5.82 Å². The Morgan fingerprint density at radius 3 is 2.47 bits per heavy atom. The zero-order valence-corrected chi connectivity index (χ0v) is 16.9. The van der Waals surface area contributed by atoms with Crippen molar-refractivity contribution < 1.29 is 23.5 Å². The Morgan fingerprint density at radius 2 is 1.77 bits per heavy atom. The van der Waals surface area contributed by atoms with Crippen molar-refractivity contribution in [3.05, 3.63) is 66.0 Å². The van der Waals surface area contributed by atoms with E-state index in [1.165, 1.54) is 19.2 Å². The minimum absolute atomic E-state index is 0.0831. The Kier molecular flexibility index (Phi) is 7.08. The van der Waals surface area contributed by atoms with Crippen LogP contribution < -0.4 is 0 Å². The molecule has 2 aromatic carbocycles. The molecule has 156 valence electrons. The van der Waals surface area contributed by atoms with Gasteiger partial charge in [0.15, 0.2) is 0 Å². The van der Waals surface area contributed by atoms with Crippen LogP contribution >= 0.6 is 0 Å². The van der Waals surface area contributed by atoms with Gasteiger partial charge in [0.1, 0.15) is 5.82 Å². The molecule has 0 N–H and O–H groups in total. The van der Waals surface area contributed by atoms with Crippen LogP contribution in [0.2, 0.25) is 0 Å². The third-order valence-electron chi connectivity index (χ3n) is 4.75. The Bertz CT molecular complexity index is 1040. The number of ether oxygens (including phenoxy) is 2. The Balaban J connectivity index is 2.03. The summed E-state index contributed by atoms with van der Waals surface area (Å²) in [5.41, 5.74) is 2.38. The van der Waals surface area contributed by atoms with E-state index in [9.17, 15) is 14.0 Å². The van der Waals surface area contributed by atoms with E-state index in [0.717, 1.165) is 0 Å². The first-order chi connectivity index (χ1) is 14.5. The summed E-state index contributed by atoms with van der Waals surface area (Å²) in [6.45, 7) is 0.868. The van der Waals surface area contributed by atoms with E-state index in [-0.39, 0.29) is 24.7 Å². The summed E-state index contributed by atoms with van der Waals surface area (Å²) >= 11 is 0. The molecule has 3 rings (SSSR count). The highest BCUT2D eigenvalue weighted by atomic mass is 19.1. The number of aromatic nitrogens is 1. The monoisotopic (exact) mass is 410 g/mol. The van der Waals surface area contributed by atoms with Crippen LogP contribution in [0.3, 0.4) is 0 Å². The fourth-order valence-corrected chi connectivity index (χ4v) is 3.14. The molecule has 0 radical (unpaired) electrons. The number of halogens is 1. The zero-order chi connectivity index (χ0) is 21.5. The average molecular weight is 410 g/mol. The molecule has 0 unspecified atom stereocenters. The van der Waals surface area contributed by atoms with Crippen molar-refractivity contribution in [2.45, 2.75) is 6.42 Å². The first kappa shape index (κ1) is 21.4. The number of carbonyl (C=O) groups is 2. The largest absolute Gasteiger partial charge is 0.469 e. The van der Waals surface area contributed by atoms with Crippen molar-refractivity contribution in [2.24, 2.45) is 0 Å². The fourth-order valence-electron chi connectivity index (χ4n) is 3.14. The van der Waals surface area contributed by atoms with Crippen LogP contribution in [0.5, 0.6) is 0 Å². The number of fused-ring (bicyclic) bond motifs is 1. The van der Waals surface area contributed by atoms with Gasteiger partial charge in [-0.15, -0.1) is 0 Å². The normalized spacial score (nSPS) is 10.8. The molecule has 3 aromatic rings. The standard InChI is InChI=1S/C23H23FN2O4/c1-29-14-13-26(12-11-22(27)30-2)23(28)19-15-21(16-7-9-17(24)10-8-16)25-20-6-4-3-5-18(19)20/h3-10,15H,11-14H2,1-2H3. The van der Waals surface area contributed by atoms with Gasteiger partial charge < -0.3 is 14.4 Å². The van der Waals surface area contributed by atoms with E-state index in [4.69, 9.17) is 9.47 Å². The van der Waals surface area contributed by atoms with Gasteiger partial charge in [-0.1, -0.05) is 18.2 Å². The molecule has 30 heavy (non-hydrogen) atoms. The van der Waals surface area contributed by atoms with Crippen molar-refractivity contribution in [1.82, 2.24) is 9.88 Å². The summed E-state index contributed by atoms with van der Waals surface area (Å²) in [5.74, 6) is -0.973. The van der Waals surface area contributed by atoms with Crippen molar-refractivity contribution in [3.8, 4) is 11.3 Å². The van der Waals surface area contributed by atoms with E-state index in [2.05, 4.69) is 4.98 Å². The van der Waals surface area contributed by atoms with Gasteiger partial charge in [0, 0.05) is 31.1 Å². The number of hydrogen-bond acceptors (Lipinski definition) is 5. The molecule has 0 atom stereocenters. The fraction of sp³-hybridized carbons (Fsp3) is 0.261. The van der Waals surface area contributed by atoms with Crippen LogP contribution in [0.25, 0.3) is 22.2 Å². The topological polar surface area (TPSA) is 68.7 Å². The highest BCUT2D eigenvalue weighted by molar-refractivity contribution is 6.07. The number of rotatable bonds is 8. The summed E-state index contributed by atoms with van der Waals surface area (Å²) in [7, 11) is 2.87. The Morgan fingerprint density at radius 1 is 1.03 bits per heavy atom. The molecule has 1 heterocycles. The van der Waals surface area contributed by atoms with Crippen LogP contribution in [0.1, 0.15) is 16.8 Å². The molecule has 0 bridgehead atoms. The average Bonchev–Trinajstić information content (AvgIpc) is 2.78. The molecule has 0 aliphatic heterocycles. The van der Waals surface area contributed by atoms with Crippen molar-refractivity contribution in [3.63, 3.8) is 0 Å². The number of methoxy groups -OCH3 is 2. The molecule has 0 saturated heterocycles. The maximum absolute atomic E-state index is 13.4. The van der Waals surface area contributed by atoms with Crippen LogP contribution in [-0.2, 0) is 14.3 Å². The second-order valence-corrected chi connectivity index (χ2v) is 6.69. The van der Waals surface area contributed by atoms with E-state index in [0.29, 0.717) is 40.9 Å². The maximum Gasteiger partial charge on any atom is 0.307 e. The van der Waals surface area contributed by atoms with Gasteiger partial charge in [-0.25, -0.2) is 9.37 Å². The lowest BCUT2D eigenvalue weighted by Gasteiger charge is -2.23. The number of amides is 1. The highest BCUT2D eigenvalue weighted by Crippen LogP contribution is 2.26. The van der Waals surface area contributed by atoms with Gasteiger partial charge >= 0.3 is 5.97 Å². The summed E-state index contributed by atoms with van der Waals surface area (Å²) in [6.07, 6.45) is 0.0831. The van der Waals surface area contributed by atoms with Gasteiger partial charge in [0.05, 0.1) is 36.9 Å². The summed E-state index contributed by atoms with van der Waals surface area (Å²) < 4.78 is 23.2. The highest BCUT2D eigenvalue weighted by Gasteiger charge is 2.21. The third kappa shape index (κ3) is 4.99. The van der Waals surface area contributed by atoms with Crippen LogP contribution in [0.4, 0.5) is 4.39 Å². The van der Waals surface area contributed by atoms with Gasteiger partial charge in [-0.2, -0.15) is 0 Å². The molecule has 0 saturated carbocycles. The molecule has 0 aliphatic rings. The number of nitrogens with zero attached hydrogens (tertiary/aromatic N) is 2. The van der Waals surface area contributed by atoms with Gasteiger partial charge in [-0.3, -0.25) is 9.59 Å². The number of benzene rings is 2. The second kappa shape index (κ2) is 9.93.